The molecule has 12 nitrogen and oxygen atoms in total. The summed E-state index contributed by atoms with van der Waals surface area (Å²) in [5, 5.41) is 25.7. The van der Waals surface area contributed by atoms with Crippen LogP contribution in [0.3, 0.4) is 0 Å². The molecule has 5 atom stereocenters. The second-order valence-corrected chi connectivity index (χ2v) is 11.8. The number of tetrazole rings is 1. The molecule has 2 aromatic rings. The van der Waals surface area contributed by atoms with Crippen LogP contribution in [0.4, 0.5) is 0 Å². The van der Waals surface area contributed by atoms with Gasteiger partial charge in [0.2, 0.25) is 17.0 Å². The Kier molecular flexibility index (Phi) is 7.25. The van der Waals surface area contributed by atoms with E-state index in [0.717, 1.165) is 0 Å². The number of β-lactam (4-membered cyclic amide) rings is 1. The van der Waals surface area contributed by atoms with E-state index >= 15 is 0 Å². The summed E-state index contributed by atoms with van der Waals surface area (Å²) in [6.45, 7) is 1.97. The van der Waals surface area contributed by atoms with Gasteiger partial charge in [0.1, 0.15) is 22.6 Å². The van der Waals surface area contributed by atoms with E-state index in [4.69, 9.17) is 5.73 Å². The number of carboxylic acids is 1. The lowest BCUT2D eigenvalue weighted by molar-refractivity contribution is -0.158. The SMILES string of the molecule is CC(Sc1nn[nH]n1)C1(C(=O)O)CS[C@@H]2C(NC(=O)CS(=O)c3ccccc3CN)C(=O)N2C1. The molecule has 0 saturated carbocycles. The molecule has 3 heterocycles. The number of aromatic nitrogens is 4. The predicted octanol–water partition coefficient (Wildman–Crippen LogP) is -0.582. The summed E-state index contributed by atoms with van der Waals surface area (Å²) < 4.78 is 12.7. The maximum absolute atomic E-state index is 12.8. The van der Waals surface area contributed by atoms with Crippen molar-refractivity contribution in [3.05, 3.63) is 29.8 Å². The average molecular weight is 526 g/mol. The van der Waals surface area contributed by atoms with Gasteiger partial charge < -0.3 is 21.1 Å². The van der Waals surface area contributed by atoms with Crippen LogP contribution in [0.1, 0.15) is 12.5 Å². The van der Waals surface area contributed by atoms with Gasteiger partial charge in [-0.3, -0.25) is 18.6 Å². The molecule has 2 saturated heterocycles. The minimum absolute atomic E-state index is 0.00697. The van der Waals surface area contributed by atoms with Gasteiger partial charge in [0.15, 0.2) is 0 Å². The van der Waals surface area contributed by atoms with E-state index in [0.29, 0.717) is 15.6 Å². The maximum Gasteiger partial charge on any atom is 0.313 e. The number of H-pyrrole nitrogens is 1. The molecule has 34 heavy (non-hydrogen) atoms. The summed E-state index contributed by atoms with van der Waals surface area (Å²) in [7, 11) is -1.60. The zero-order chi connectivity index (χ0) is 24.5. The fraction of sp³-hybridized carbons (Fsp3) is 0.474. The molecule has 0 aliphatic carbocycles. The van der Waals surface area contributed by atoms with Gasteiger partial charge >= 0.3 is 5.97 Å². The van der Waals surface area contributed by atoms with Crippen LogP contribution in [0.2, 0.25) is 0 Å². The third-order valence-electron chi connectivity index (χ3n) is 5.93. The van der Waals surface area contributed by atoms with Crippen molar-refractivity contribution in [3.63, 3.8) is 0 Å². The molecule has 15 heteroatoms. The van der Waals surface area contributed by atoms with E-state index in [1.807, 2.05) is 0 Å². The van der Waals surface area contributed by atoms with E-state index < -0.39 is 39.4 Å². The van der Waals surface area contributed by atoms with Crippen molar-refractivity contribution < 1.29 is 23.7 Å². The highest BCUT2D eigenvalue weighted by Crippen LogP contribution is 2.47. The highest BCUT2D eigenvalue weighted by Gasteiger charge is 2.59. The lowest BCUT2D eigenvalue weighted by Crippen LogP contribution is -2.74. The second kappa shape index (κ2) is 10.0. The Balaban J connectivity index is 1.38. The summed E-state index contributed by atoms with van der Waals surface area (Å²) >= 11 is 2.48. The normalized spacial score (nSPS) is 25.7. The molecular weight excluding hydrogens is 502 g/mol. The van der Waals surface area contributed by atoms with Crippen LogP contribution in [0.15, 0.2) is 34.3 Å². The first-order valence-electron chi connectivity index (χ1n) is 10.3. The molecule has 2 aliphatic heterocycles. The van der Waals surface area contributed by atoms with Gasteiger partial charge in [-0.05, 0) is 16.8 Å². The van der Waals surface area contributed by atoms with Crippen molar-refractivity contribution in [2.45, 2.75) is 40.2 Å². The molecule has 2 amide bonds. The number of nitrogens with one attached hydrogen (secondary N) is 2. The molecule has 4 unspecified atom stereocenters. The van der Waals surface area contributed by atoms with E-state index in [1.165, 1.54) is 28.4 Å². The fourth-order valence-corrected chi connectivity index (χ4v) is 7.83. The van der Waals surface area contributed by atoms with Crippen LogP contribution in [0, 0.1) is 5.41 Å². The van der Waals surface area contributed by atoms with Gasteiger partial charge in [-0.2, -0.15) is 5.21 Å². The van der Waals surface area contributed by atoms with Gasteiger partial charge in [0, 0.05) is 29.0 Å². The number of fused-ring (bicyclic) bond motifs is 1. The highest BCUT2D eigenvalue weighted by atomic mass is 32.2. The number of carbonyl (C=O) groups is 3. The Labute approximate surface area is 205 Å². The number of carboxylic acid groups (broad SMARTS) is 1. The summed E-state index contributed by atoms with van der Waals surface area (Å²) in [6.07, 6.45) is 0. The largest absolute Gasteiger partial charge is 0.481 e. The third-order valence-corrected chi connectivity index (χ3v) is 10.1. The number of benzene rings is 1. The first-order valence-corrected chi connectivity index (χ1v) is 13.5. The van der Waals surface area contributed by atoms with Crippen molar-refractivity contribution in [1.82, 2.24) is 30.8 Å². The molecule has 4 rings (SSSR count). The van der Waals surface area contributed by atoms with Crippen molar-refractivity contribution in [1.29, 1.82) is 0 Å². The number of amides is 2. The molecule has 2 fully saturated rings. The van der Waals surface area contributed by atoms with Crippen LogP contribution in [-0.4, -0.2) is 87.3 Å². The summed E-state index contributed by atoms with van der Waals surface area (Å²) in [5.41, 5.74) is 5.16. The zero-order valence-electron chi connectivity index (χ0n) is 18.0. The fourth-order valence-electron chi connectivity index (χ4n) is 3.92. The molecule has 0 bridgehead atoms. The quantitative estimate of drug-likeness (QED) is 0.242. The number of aromatic amines is 1. The number of carbonyl (C=O) groups excluding carboxylic acids is 2. The maximum atomic E-state index is 12.8. The molecule has 0 radical (unpaired) electrons. The number of hydrogen-bond donors (Lipinski definition) is 4. The number of hydrogen-bond acceptors (Lipinski definition) is 10. The Morgan fingerprint density at radius 1 is 1.47 bits per heavy atom. The Bertz CT molecular complexity index is 1120. The predicted molar refractivity (Wildman–Crippen MR) is 125 cm³/mol. The Hall–Kier alpha value is -2.49. The minimum Gasteiger partial charge on any atom is -0.481 e. The Morgan fingerprint density at radius 2 is 2.24 bits per heavy atom. The molecule has 5 N–H and O–H groups in total. The van der Waals surface area contributed by atoms with Gasteiger partial charge in [-0.15, -0.1) is 22.0 Å². The Morgan fingerprint density at radius 3 is 2.91 bits per heavy atom. The number of nitrogens with two attached hydrogens (primary N) is 1. The van der Waals surface area contributed by atoms with E-state index in [1.54, 1.807) is 31.2 Å². The van der Waals surface area contributed by atoms with Gasteiger partial charge in [-0.1, -0.05) is 36.9 Å². The van der Waals surface area contributed by atoms with Gasteiger partial charge in [-0.25, -0.2) is 0 Å². The lowest BCUT2D eigenvalue weighted by Gasteiger charge is -2.54. The topological polar surface area (TPSA) is 184 Å². The minimum atomic E-state index is -1.60. The lowest BCUT2D eigenvalue weighted by atomic mass is 9.84. The smallest absolute Gasteiger partial charge is 0.313 e. The van der Waals surface area contributed by atoms with Gasteiger partial charge in [0.05, 0.1) is 10.8 Å². The highest BCUT2D eigenvalue weighted by molar-refractivity contribution is 8.01. The van der Waals surface area contributed by atoms with Crippen molar-refractivity contribution >= 4 is 52.1 Å². The summed E-state index contributed by atoms with van der Waals surface area (Å²) in [5.74, 6) is -1.95. The number of aliphatic carboxylic acids is 1. The average Bonchev–Trinajstić information content (AvgIpc) is 3.34. The first kappa shape index (κ1) is 24.6. The van der Waals surface area contributed by atoms with Crippen LogP contribution in [0.5, 0.6) is 0 Å². The molecule has 182 valence electrons. The molecular formula is C19H23N7O5S3. The second-order valence-electron chi connectivity index (χ2n) is 7.93. The van der Waals surface area contributed by atoms with Crippen LogP contribution in [-0.2, 0) is 31.7 Å². The standard InChI is InChI=1S/C19H23N7O5S3/c1-10(33-18-22-24-25-23-18)19(17(29)30)8-26-15(28)14(16(26)32-9-19)21-13(27)7-34(31)12-5-3-2-4-11(12)6-20/h2-5,10,14,16H,6-9,20H2,1H3,(H,21,27)(H,29,30)(H,22,23,24,25)/t10?,14?,16-,19?,34?/m1/s1. The van der Waals surface area contributed by atoms with Crippen molar-refractivity contribution in [3.8, 4) is 0 Å². The summed E-state index contributed by atoms with van der Waals surface area (Å²) in [4.78, 5) is 39.6. The molecule has 1 aromatic heterocycles. The molecule has 2 aliphatic rings. The third kappa shape index (κ3) is 4.56. The van der Waals surface area contributed by atoms with Crippen LogP contribution >= 0.6 is 23.5 Å². The number of thioether (sulfide) groups is 2. The first-order chi connectivity index (χ1) is 16.3. The van der Waals surface area contributed by atoms with E-state index in [-0.39, 0.29) is 35.9 Å². The number of nitrogens with zero attached hydrogens (tertiary/aromatic N) is 4. The number of rotatable bonds is 9. The van der Waals surface area contributed by atoms with Gasteiger partial charge in [0.25, 0.3) is 0 Å². The van der Waals surface area contributed by atoms with E-state index in [2.05, 4.69) is 25.9 Å². The zero-order valence-corrected chi connectivity index (χ0v) is 20.5. The van der Waals surface area contributed by atoms with Crippen molar-refractivity contribution in [2.75, 3.05) is 18.1 Å². The van der Waals surface area contributed by atoms with E-state index in [9.17, 15) is 23.7 Å². The molecule has 1 aromatic carbocycles. The summed E-state index contributed by atoms with van der Waals surface area (Å²) in [6, 6.07) is 6.14. The molecule has 0 spiro atoms. The monoisotopic (exact) mass is 525 g/mol. The van der Waals surface area contributed by atoms with Crippen LogP contribution in [0.25, 0.3) is 0 Å². The van der Waals surface area contributed by atoms with Crippen LogP contribution < -0.4 is 11.1 Å². The van der Waals surface area contributed by atoms with Crippen molar-refractivity contribution in [2.24, 2.45) is 11.1 Å².